The monoisotopic (exact) mass is 308 g/mol. The first-order valence-corrected chi connectivity index (χ1v) is 6.92. The van der Waals surface area contributed by atoms with Gasteiger partial charge >= 0.3 is 0 Å². The number of thiocarbonyl (C=S) groups is 1. The first kappa shape index (κ1) is 17.1. The Hall–Kier alpha value is -1.99. The fraction of sp³-hybridized carbons (Fsp3) is 0.357. The molecule has 0 aliphatic rings. The van der Waals surface area contributed by atoms with Gasteiger partial charge in [-0.05, 0) is 19.2 Å². The van der Waals surface area contributed by atoms with Crippen LogP contribution in [-0.4, -0.2) is 48.9 Å². The maximum absolute atomic E-state index is 12.0. The lowest BCUT2D eigenvalue weighted by molar-refractivity contribution is -0.122. The van der Waals surface area contributed by atoms with E-state index in [1.807, 2.05) is 0 Å². The van der Waals surface area contributed by atoms with E-state index in [1.54, 1.807) is 43.3 Å². The summed E-state index contributed by atoms with van der Waals surface area (Å²) in [6, 6.07) is 7.11. The highest BCUT2D eigenvalue weighted by atomic mass is 32.1. The molecule has 0 bridgehead atoms. The first-order valence-electron chi connectivity index (χ1n) is 6.52. The second-order valence-corrected chi connectivity index (χ2v) is 5.06. The zero-order valence-corrected chi connectivity index (χ0v) is 13.0. The van der Waals surface area contributed by atoms with E-state index in [-0.39, 0.29) is 23.3 Å². The SMILES string of the molecule is CNC(=O)CCN(C)CC(=O)Nc1ccccc1C(N)=S. The Kier molecular flexibility index (Phi) is 6.77. The van der Waals surface area contributed by atoms with Crippen LogP contribution in [0.2, 0.25) is 0 Å². The number of benzene rings is 1. The Labute approximate surface area is 129 Å². The van der Waals surface area contributed by atoms with Crippen LogP contribution in [-0.2, 0) is 9.59 Å². The van der Waals surface area contributed by atoms with E-state index in [9.17, 15) is 9.59 Å². The Bertz CT molecular complexity index is 533. The first-order chi connectivity index (χ1) is 9.93. The van der Waals surface area contributed by atoms with Crippen LogP contribution in [0.1, 0.15) is 12.0 Å². The van der Waals surface area contributed by atoms with Gasteiger partial charge in [0.2, 0.25) is 11.8 Å². The molecule has 4 N–H and O–H groups in total. The number of amides is 2. The fourth-order valence-corrected chi connectivity index (χ4v) is 1.92. The van der Waals surface area contributed by atoms with Crippen LogP contribution in [0.5, 0.6) is 0 Å². The number of carbonyl (C=O) groups excluding carboxylic acids is 2. The molecule has 0 unspecified atom stereocenters. The summed E-state index contributed by atoms with van der Waals surface area (Å²) < 4.78 is 0. The lowest BCUT2D eigenvalue weighted by Gasteiger charge is -2.16. The molecule has 0 aromatic heterocycles. The van der Waals surface area contributed by atoms with Crippen LogP contribution < -0.4 is 16.4 Å². The van der Waals surface area contributed by atoms with Gasteiger partial charge in [0.15, 0.2) is 0 Å². The molecule has 0 saturated carbocycles. The predicted molar refractivity (Wildman–Crippen MR) is 87.1 cm³/mol. The highest BCUT2D eigenvalue weighted by Crippen LogP contribution is 2.14. The summed E-state index contributed by atoms with van der Waals surface area (Å²) in [6.07, 6.45) is 0.351. The average Bonchev–Trinajstić information content (AvgIpc) is 2.44. The molecular formula is C14H20N4O2S. The molecule has 0 fully saturated rings. The van der Waals surface area contributed by atoms with Crippen LogP contribution in [0.4, 0.5) is 5.69 Å². The summed E-state index contributed by atoms with van der Waals surface area (Å²) in [5.74, 6) is -0.237. The number of nitrogens with zero attached hydrogens (tertiary/aromatic N) is 1. The van der Waals surface area contributed by atoms with Gasteiger partial charge < -0.3 is 16.4 Å². The minimum absolute atomic E-state index is 0.0546. The van der Waals surface area contributed by atoms with Gasteiger partial charge in [0.05, 0.1) is 12.2 Å². The second kappa shape index (κ2) is 8.33. The topological polar surface area (TPSA) is 87.5 Å². The van der Waals surface area contributed by atoms with Gasteiger partial charge in [-0.2, -0.15) is 0 Å². The molecule has 1 aromatic rings. The van der Waals surface area contributed by atoms with Crippen molar-refractivity contribution in [3.05, 3.63) is 29.8 Å². The molecule has 0 saturated heterocycles. The Morgan fingerprint density at radius 3 is 2.57 bits per heavy atom. The number of likely N-dealkylation sites (N-methyl/N-ethyl adjacent to an activating group) is 1. The molecule has 6 nitrogen and oxygen atoms in total. The summed E-state index contributed by atoms with van der Waals surface area (Å²) in [5.41, 5.74) is 6.84. The number of hydrogen-bond donors (Lipinski definition) is 3. The van der Waals surface area contributed by atoms with Gasteiger partial charge in [-0.3, -0.25) is 14.5 Å². The number of para-hydroxylation sites is 1. The highest BCUT2D eigenvalue weighted by molar-refractivity contribution is 7.80. The molecule has 0 aliphatic heterocycles. The van der Waals surface area contributed by atoms with E-state index in [1.165, 1.54) is 0 Å². The molecule has 0 aliphatic carbocycles. The normalized spacial score (nSPS) is 10.2. The van der Waals surface area contributed by atoms with Crippen LogP contribution >= 0.6 is 12.2 Å². The zero-order chi connectivity index (χ0) is 15.8. The fourth-order valence-electron chi connectivity index (χ4n) is 1.74. The number of hydrogen-bond acceptors (Lipinski definition) is 4. The zero-order valence-electron chi connectivity index (χ0n) is 12.2. The van der Waals surface area contributed by atoms with Crippen LogP contribution in [0.15, 0.2) is 24.3 Å². The predicted octanol–water partition coefficient (Wildman–Crippen LogP) is 0.327. The van der Waals surface area contributed by atoms with Crippen LogP contribution in [0.25, 0.3) is 0 Å². The molecule has 0 spiro atoms. The lowest BCUT2D eigenvalue weighted by Crippen LogP contribution is -2.33. The summed E-state index contributed by atoms with van der Waals surface area (Å²) in [6.45, 7) is 0.687. The molecule has 1 aromatic carbocycles. The van der Waals surface area contributed by atoms with Gasteiger partial charge in [-0.1, -0.05) is 24.4 Å². The van der Waals surface area contributed by atoms with Crippen LogP contribution in [0.3, 0.4) is 0 Å². The van der Waals surface area contributed by atoms with Crippen molar-refractivity contribution in [2.75, 3.05) is 32.5 Å². The van der Waals surface area contributed by atoms with E-state index >= 15 is 0 Å². The Balaban J connectivity index is 2.54. The van der Waals surface area contributed by atoms with E-state index in [0.29, 0.717) is 24.2 Å². The lowest BCUT2D eigenvalue weighted by atomic mass is 10.2. The molecule has 114 valence electrons. The van der Waals surface area contributed by atoms with Gasteiger partial charge in [0.25, 0.3) is 0 Å². The van der Waals surface area contributed by atoms with Crippen molar-refractivity contribution in [3.8, 4) is 0 Å². The summed E-state index contributed by atoms with van der Waals surface area (Å²) in [4.78, 5) is 25.1. The summed E-state index contributed by atoms with van der Waals surface area (Å²) >= 11 is 4.95. The number of nitrogens with two attached hydrogens (primary N) is 1. The maximum Gasteiger partial charge on any atom is 0.238 e. The summed E-state index contributed by atoms with van der Waals surface area (Å²) in [5, 5.41) is 5.31. The molecular weight excluding hydrogens is 288 g/mol. The molecule has 21 heavy (non-hydrogen) atoms. The quantitative estimate of drug-likeness (QED) is 0.632. The minimum Gasteiger partial charge on any atom is -0.389 e. The van der Waals surface area contributed by atoms with E-state index in [4.69, 9.17) is 18.0 Å². The van der Waals surface area contributed by atoms with Crippen molar-refractivity contribution in [2.24, 2.45) is 5.73 Å². The number of rotatable bonds is 7. The van der Waals surface area contributed by atoms with Crippen molar-refractivity contribution in [1.82, 2.24) is 10.2 Å². The van der Waals surface area contributed by atoms with Crippen molar-refractivity contribution in [3.63, 3.8) is 0 Å². The molecule has 0 heterocycles. The highest BCUT2D eigenvalue weighted by Gasteiger charge is 2.11. The minimum atomic E-state index is -0.182. The average molecular weight is 308 g/mol. The maximum atomic E-state index is 12.0. The van der Waals surface area contributed by atoms with Crippen molar-refractivity contribution in [1.29, 1.82) is 0 Å². The molecule has 1 rings (SSSR count). The van der Waals surface area contributed by atoms with Gasteiger partial charge in [0, 0.05) is 25.6 Å². The Morgan fingerprint density at radius 1 is 1.29 bits per heavy atom. The van der Waals surface area contributed by atoms with Gasteiger partial charge in [-0.15, -0.1) is 0 Å². The van der Waals surface area contributed by atoms with Crippen molar-refractivity contribution in [2.45, 2.75) is 6.42 Å². The Morgan fingerprint density at radius 2 is 1.95 bits per heavy atom. The largest absolute Gasteiger partial charge is 0.389 e. The van der Waals surface area contributed by atoms with E-state index < -0.39 is 0 Å². The summed E-state index contributed by atoms with van der Waals surface area (Å²) in [7, 11) is 3.36. The van der Waals surface area contributed by atoms with Crippen molar-refractivity contribution < 1.29 is 9.59 Å². The third-order valence-corrected chi connectivity index (χ3v) is 3.10. The third kappa shape index (κ3) is 5.88. The molecule has 0 radical (unpaired) electrons. The van der Waals surface area contributed by atoms with Gasteiger partial charge in [-0.25, -0.2) is 0 Å². The third-order valence-electron chi connectivity index (χ3n) is 2.88. The van der Waals surface area contributed by atoms with E-state index in [0.717, 1.165) is 0 Å². The molecule has 0 atom stereocenters. The molecule has 7 heteroatoms. The van der Waals surface area contributed by atoms with Crippen molar-refractivity contribution >= 4 is 34.7 Å². The van der Waals surface area contributed by atoms with Crippen LogP contribution in [0, 0.1) is 0 Å². The number of nitrogens with one attached hydrogen (secondary N) is 2. The second-order valence-electron chi connectivity index (χ2n) is 4.62. The smallest absolute Gasteiger partial charge is 0.238 e. The van der Waals surface area contributed by atoms with Gasteiger partial charge in [0.1, 0.15) is 4.99 Å². The molecule has 2 amide bonds. The standard InChI is InChI=1S/C14H20N4O2S/c1-16-12(19)7-8-18(2)9-13(20)17-11-6-4-3-5-10(11)14(15)21/h3-6H,7-9H2,1-2H3,(H2,15,21)(H,16,19)(H,17,20). The number of anilines is 1. The number of carbonyl (C=O) groups is 2. The van der Waals surface area contributed by atoms with E-state index in [2.05, 4.69) is 10.6 Å².